The third-order valence-electron chi connectivity index (χ3n) is 3.24. The number of methoxy groups -OCH3 is 1. The van der Waals surface area contributed by atoms with Crippen LogP contribution >= 0.6 is 0 Å². The monoisotopic (exact) mass is 322 g/mol. The second kappa shape index (κ2) is 8.67. The summed E-state index contributed by atoms with van der Waals surface area (Å²) in [5, 5.41) is 0. The molecule has 0 aromatic carbocycles. The Morgan fingerprint density at radius 3 is 2.71 bits per heavy atom. The van der Waals surface area contributed by atoms with E-state index in [1.807, 2.05) is 13.8 Å². The number of rotatable bonds is 9. The van der Waals surface area contributed by atoms with E-state index in [0.717, 1.165) is 12.8 Å². The molecule has 0 bridgehead atoms. The molecule has 0 saturated carbocycles. The van der Waals surface area contributed by atoms with Crippen molar-refractivity contribution in [3.8, 4) is 0 Å². The van der Waals surface area contributed by atoms with Crippen molar-refractivity contribution in [3.63, 3.8) is 0 Å². The Balaban J connectivity index is 2.66. The van der Waals surface area contributed by atoms with Crippen molar-refractivity contribution >= 4 is 16.2 Å². The van der Waals surface area contributed by atoms with Crippen LogP contribution in [0.1, 0.15) is 33.1 Å². The van der Waals surface area contributed by atoms with Gasteiger partial charge in [0.15, 0.2) is 0 Å². The van der Waals surface area contributed by atoms with E-state index in [1.165, 1.54) is 11.4 Å². The van der Waals surface area contributed by atoms with Crippen molar-refractivity contribution in [2.24, 2.45) is 5.92 Å². The molecule has 1 unspecified atom stereocenters. The van der Waals surface area contributed by atoms with E-state index >= 15 is 0 Å². The highest BCUT2D eigenvalue weighted by atomic mass is 32.2. The third-order valence-corrected chi connectivity index (χ3v) is 4.78. The first-order valence-corrected chi connectivity index (χ1v) is 8.72. The van der Waals surface area contributed by atoms with Gasteiger partial charge in [-0.1, -0.05) is 13.8 Å². The van der Waals surface area contributed by atoms with Gasteiger partial charge >= 0.3 is 5.97 Å². The Bertz CT molecular complexity index is 418. The van der Waals surface area contributed by atoms with Crippen LogP contribution in [0.3, 0.4) is 0 Å². The van der Waals surface area contributed by atoms with Crippen molar-refractivity contribution < 1.29 is 22.7 Å². The quantitative estimate of drug-likeness (QED) is 0.626. The standard InChI is InChI=1S/C13H26N2O5S/c1-11(2)9-14-21(17,18)15(7-6-13(16)19-3)10-12-5-4-8-20-12/h11-12,14H,4-10H2,1-3H3. The highest BCUT2D eigenvalue weighted by Crippen LogP contribution is 2.15. The van der Waals surface area contributed by atoms with E-state index < -0.39 is 16.2 Å². The van der Waals surface area contributed by atoms with Crippen LogP contribution in [0.4, 0.5) is 0 Å². The molecule has 1 atom stereocenters. The van der Waals surface area contributed by atoms with E-state index in [-0.39, 0.29) is 31.5 Å². The molecule has 1 rings (SSSR count). The molecule has 0 aromatic heterocycles. The van der Waals surface area contributed by atoms with Crippen molar-refractivity contribution in [1.82, 2.24) is 9.03 Å². The molecule has 0 aromatic rings. The van der Waals surface area contributed by atoms with Crippen LogP contribution in [0.2, 0.25) is 0 Å². The summed E-state index contributed by atoms with van der Waals surface area (Å²) in [5.74, 6) is -0.212. The van der Waals surface area contributed by atoms with Crippen LogP contribution in [-0.2, 0) is 24.5 Å². The van der Waals surface area contributed by atoms with Crippen molar-refractivity contribution in [2.75, 3.05) is 33.4 Å². The number of hydrogen-bond donors (Lipinski definition) is 1. The molecule has 0 radical (unpaired) electrons. The van der Waals surface area contributed by atoms with Gasteiger partial charge < -0.3 is 9.47 Å². The molecule has 8 heteroatoms. The van der Waals surface area contributed by atoms with Crippen molar-refractivity contribution in [1.29, 1.82) is 0 Å². The summed E-state index contributed by atoms with van der Waals surface area (Å²) in [4.78, 5) is 11.3. The van der Waals surface area contributed by atoms with Gasteiger partial charge in [0.05, 0.1) is 19.6 Å². The van der Waals surface area contributed by atoms with Gasteiger partial charge in [-0.2, -0.15) is 12.7 Å². The van der Waals surface area contributed by atoms with Crippen LogP contribution in [0, 0.1) is 5.92 Å². The number of esters is 1. The minimum atomic E-state index is -3.61. The molecule has 124 valence electrons. The fourth-order valence-electron chi connectivity index (χ4n) is 2.01. The Kier molecular flexibility index (Phi) is 7.58. The maximum atomic E-state index is 12.3. The largest absolute Gasteiger partial charge is 0.469 e. The van der Waals surface area contributed by atoms with E-state index in [1.54, 1.807) is 0 Å². The fraction of sp³-hybridized carbons (Fsp3) is 0.923. The molecule has 7 nitrogen and oxygen atoms in total. The lowest BCUT2D eigenvalue weighted by molar-refractivity contribution is -0.140. The van der Waals surface area contributed by atoms with Gasteiger partial charge in [0, 0.05) is 26.2 Å². The van der Waals surface area contributed by atoms with Gasteiger partial charge in [-0.3, -0.25) is 4.79 Å². The minimum absolute atomic E-state index is 0.0335. The second-order valence-corrected chi connectivity index (χ2v) is 7.32. The molecular weight excluding hydrogens is 296 g/mol. The first-order chi connectivity index (χ1) is 9.85. The molecule has 1 fully saturated rings. The zero-order valence-electron chi connectivity index (χ0n) is 13.0. The number of carbonyl (C=O) groups excluding carboxylic acids is 1. The molecule has 1 N–H and O–H groups in total. The topological polar surface area (TPSA) is 84.9 Å². The lowest BCUT2D eigenvalue weighted by Gasteiger charge is -2.25. The predicted molar refractivity (Wildman–Crippen MR) is 78.9 cm³/mol. The Hall–Kier alpha value is -0.700. The number of hydrogen-bond acceptors (Lipinski definition) is 5. The van der Waals surface area contributed by atoms with Gasteiger partial charge in [0.25, 0.3) is 10.2 Å². The van der Waals surface area contributed by atoms with Crippen LogP contribution in [0.25, 0.3) is 0 Å². The minimum Gasteiger partial charge on any atom is -0.469 e. The molecule has 0 spiro atoms. The summed E-state index contributed by atoms with van der Waals surface area (Å²) >= 11 is 0. The van der Waals surface area contributed by atoms with Crippen molar-refractivity contribution in [2.45, 2.75) is 39.2 Å². The first-order valence-electron chi connectivity index (χ1n) is 7.28. The van der Waals surface area contributed by atoms with E-state index in [9.17, 15) is 13.2 Å². The third kappa shape index (κ3) is 6.73. The Labute approximate surface area is 127 Å². The van der Waals surface area contributed by atoms with Crippen LogP contribution in [0.5, 0.6) is 0 Å². The maximum Gasteiger partial charge on any atom is 0.306 e. The van der Waals surface area contributed by atoms with Crippen LogP contribution < -0.4 is 4.72 Å². The molecule has 1 aliphatic heterocycles. The summed E-state index contributed by atoms with van der Waals surface area (Å²) in [5.41, 5.74) is 0. The maximum absolute atomic E-state index is 12.3. The number of nitrogens with zero attached hydrogens (tertiary/aromatic N) is 1. The van der Waals surface area contributed by atoms with E-state index in [2.05, 4.69) is 9.46 Å². The average Bonchev–Trinajstić information content (AvgIpc) is 2.93. The Morgan fingerprint density at radius 1 is 1.48 bits per heavy atom. The number of nitrogens with one attached hydrogen (secondary N) is 1. The van der Waals surface area contributed by atoms with Gasteiger partial charge in [-0.25, -0.2) is 4.72 Å². The molecule has 0 aliphatic carbocycles. The molecule has 1 heterocycles. The Morgan fingerprint density at radius 2 is 2.19 bits per heavy atom. The van der Waals surface area contributed by atoms with Gasteiger partial charge in [0.1, 0.15) is 0 Å². The molecular formula is C13H26N2O5S. The SMILES string of the molecule is COC(=O)CCN(CC1CCCO1)S(=O)(=O)NCC(C)C. The van der Waals surface area contributed by atoms with Crippen LogP contribution in [0.15, 0.2) is 0 Å². The lowest BCUT2D eigenvalue weighted by atomic mass is 10.2. The van der Waals surface area contributed by atoms with Gasteiger partial charge in [-0.05, 0) is 18.8 Å². The predicted octanol–water partition coefficient (Wildman–Crippen LogP) is 0.521. The lowest BCUT2D eigenvalue weighted by Crippen LogP contribution is -2.46. The summed E-state index contributed by atoms with van der Waals surface area (Å²) in [6.07, 6.45) is 1.72. The summed E-state index contributed by atoms with van der Waals surface area (Å²) in [7, 11) is -2.32. The molecule has 1 saturated heterocycles. The normalized spacial score (nSPS) is 19.4. The average molecular weight is 322 g/mol. The zero-order chi connectivity index (χ0) is 15.9. The molecule has 0 amide bonds. The highest BCUT2D eigenvalue weighted by Gasteiger charge is 2.28. The summed E-state index contributed by atoms with van der Waals surface area (Å²) in [6.45, 7) is 5.25. The number of ether oxygens (including phenoxy) is 2. The van der Waals surface area contributed by atoms with Gasteiger partial charge in [0.2, 0.25) is 0 Å². The molecule has 21 heavy (non-hydrogen) atoms. The smallest absolute Gasteiger partial charge is 0.306 e. The van der Waals surface area contributed by atoms with Crippen molar-refractivity contribution in [3.05, 3.63) is 0 Å². The first kappa shape index (κ1) is 18.3. The van der Waals surface area contributed by atoms with E-state index in [4.69, 9.17) is 4.74 Å². The van der Waals surface area contributed by atoms with E-state index in [0.29, 0.717) is 13.2 Å². The summed E-state index contributed by atoms with van der Waals surface area (Å²) in [6, 6.07) is 0. The van der Waals surface area contributed by atoms with Gasteiger partial charge in [-0.15, -0.1) is 0 Å². The zero-order valence-corrected chi connectivity index (χ0v) is 13.8. The molecule has 1 aliphatic rings. The second-order valence-electron chi connectivity index (χ2n) is 5.57. The highest BCUT2D eigenvalue weighted by molar-refractivity contribution is 7.87. The summed E-state index contributed by atoms with van der Waals surface area (Å²) < 4.78 is 38.6. The number of carbonyl (C=O) groups is 1. The van der Waals surface area contributed by atoms with Crippen LogP contribution in [-0.4, -0.2) is 58.1 Å². The fourth-order valence-corrected chi connectivity index (χ4v) is 3.43.